The number of carboxylic acids is 1. The summed E-state index contributed by atoms with van der Waals surface area (Å²) in [5.41, 5.74) is 3.24. The van der Waals surface area contributed by atoms with Crippen LogP contribution in [0.25, 0.3) is 11.1 Å². The third kappa shape index (κ3) is 4.11. The van der Waals surface area contributed by atoms with Gasteiger partial charge in [-0.25, -0.2) is 4.79 Å². The lowest BCUT2D eigenvalue weighted by Crippen LogP contribution is -2.68. The van der Waals surface area contributed by atoms with Crippen molar-refractivity contribution in [3.05, 3.63) is 59.7 Å². The van der Waals surface area contributed by atoms with Crippen LogP contribution >= 0.6 is 0 Å². The molecule has 2 aromatic rings. The van der Waals surface area contributed by atoms with Crippen LogP contribution in [0.15, 0.2) is 48.5 Å². The molecule has 2 fully saturated rings. The molecule has 3 aliphatic rings. The van der Waals surface area contributed by atoms with E-state index in [1.807, 2.05) is 36.4 Å². The number of amides is 3. The number of hydrogen-bond acceptors (Lipinski definition) is 5. The maximum absolute atomic E-state index is 13.4. The van der Waals surface area contributed by atoms with Crippen LogP contribution in [-0.2, 0) is 19.1 Å². The van der Waals surface area contributed by atoms with E-state index in [0.717, 1.165) is 28.7 Å². The summed E-state index contributed by atoms with van der Waals surface area (Å²) in [6.45, 7) is 0.552. The summed E-state index contributed by atoms with van der Waals surface area (Å²) in [7, 11) is 0. The number of hydrogen-bond donors (Lipinski definition) is 3. The molecule has 1 saturated carbocycles. The second kappa shape index (κ2) is 9.05. The van der Waals surface area contributed by atoms with Crippen molar-refractivity contribution < 1.29 is 29.0 Å². The molecule has 0 bridgehead atoms. The Morgan fingerprint density at radius 2 is 1.69 bits per heavy atom. The number of nitrogens with one attached hydrogen (secondary N) is 2. The standard InChI is InChI=1S/C26H27N3O6/c30-22(31)14-21-23(32)27-12-13-29(21)24(33)26(10-5-11-26)28-25(34)35-15-20-18-8-3-1-6-16(18)17-7-2-4-9-19(17)20/h1-4,6-9,20-21H,5,10-15H2,(H,27,32)(H,28,34)(H,30,31). The van der Waals surface area contributed by atoms with Gasteiger partial charge in [0, 0.05) is 19.0 Å². The predicted molar refractivity (Wildman–Crippen MR) is 126 cm³/mol. The summed E-state index contributed by atoms with van der Waals surface area (Å²) in [6.07, 6.45) is 0.371. The smallest absolute Gasteiger partial charge is 0.408 e. The predicted octanol–water partition coefficient (Wildman–Crippen LogP) is 2.25. The van der Waals surface area contributed by atoms with Gasteiger partial charge in [0.2, 0.25) is 11.8 Å². The van der Waals surface area contributed by atoms with E-state index in [2.05, 4.69) is 22.8 Å². The highest BCUT2D eigenvalue weighted by Crippen LogP contribution is 2.44. The normalized spacial score (nSPS) is 20.2. The van der Waals surface area contributed by atoms with Crippen molar-refractivity contribution in [2.45, 2.75) is 43.2 Å². The van der Waals surface area contributed by atoms with E-state index in [9.17, 15) is 24.3 Å². The van der Waals surface area contributed by atoms with E-state index in [1.165, 1.54) is 4.90 Å². The van der Waals surface area contributed by atoms with Crippen molar-refractivity contribution in [3.63, 3.8) is 0 Å². The van der Waals surface area contributed by atoms with Crippen LogP contribution in [0, 0.1) is 0 Å². The van der Waals surface area contributed by atoms with E-state index in [-0.39, 0.29) is 25.6 Å². The van der Waals surface area contributed by atoms with Crippen LogP contribution in [0.5, 0.6) is 0 Å². The number of carboxylic acid groups (broad SMARTS) is 1. The molecule has 5 rings (SSSR count). The number of rotatable bonds is 6. The molecular weight excluding hydrogens is 450 g/mol. The summed E-state index contributed by atoms with van der Waals surface area (Å²) in [6, 6.07) is 15.0. The first kappa shape index (κ1) is 22.9. The molecule has 1 aliphatic heterocycles. The zero-order valence-electron chi connectivity index (χ0n) is 19.2. The first-order chi connectivity index (χ1) is 16.9. The summed E-state index contributed by atoms with van der Waals surface area (Å²) >= 11 is 0. The fourth-order valence-corrected chi connectivity index (χ4v) is 5.35. The van der Waals surface area contributed by atoms with Crippen molar-refractivity contribution in [2.24, 2.45) is 0 Å². The van der Waals surface area contributed by atoms with Gasteiger partial charge in [-0.3, -0.25) is 14.4 Å². The molecule has 2 aliphatic carbocycles. The van der Waals surface area contributed by atoms with Crippen molar-refractivity contribution in [1.82, 2.24) is 15.5 Å². The zero-order valence-corrected chi connectivity index (χ0v) is 19.2. The van der Waals surface area contributed by atoms with Gasteiger partial charge < -0.3 is 25.4 Å². The summed E-state index contributed by atoms with van der Waals surface area (Å²) in [5.74, 6) is -2.20. The third-order valence-electron chi connectivity index (χ3n) is 7.26. The topological polar surface area (TPSA) is 125 Å². The minimum absolute atomic E-state index is 0.105. The molecule has 2 aromatic carbocycles. The molecule has 1 heterocycles. The number of ether oxygens (including phenoxy) is 1. The number of fused-ring (bicyclic) bond motifs is 3. The second-order valence-corrected chi connectivity index (χ2v) is 9.29. The van der Waals surface area contributed by atoms with Crippen LogP contribution < -0.4 is 10.6 Å². The van der Waals surface area contributed by atoms with Crippen LogP contribution in [0.4, 0.5) is 4.79 Å². The van der Waals surface area contributed by atoms with Gasteiger partial charge in [-0.05, 0) is 41.5 Å². The lowest BCUT2D eigenvalue weighted by Gasteiger charge is -2.46. The molecule has 182 valence electrons. The van der Waals surface area contributed by atoms with Crippen molar-refractivity contribution in [2.75, 3.05) is 19.7 Å². The monoisotopic (exact) mass is 477 g/mol. The van der Waals surface area contributed by atoms with Gasteiger partial charge in [0.05, 0.1) is 6.42 Å². The van der Waals surface area contributed by atoms with Gasteiger partial charge in [-0.2, -0.15) is 0 Å². The Balaban J connectivity index is 1.28. The highest BCUT2D eigenvalue weighted by Gasteiger charge is 2.51. The van der Waals surface area contributed by atoms with Gasteiger partial charge in [0.15, 0.2) is 0 Å². The van der Waals surface area contributed by atoms with Gasteiger partial charge in [0.25, 0.3) is 0 Å². The Kier molecular flexibility index (Phi) is 5.92. The van der Waals surface area contributed by atoms with E-state index >= 15 is 0 Å². The lowest BCUT2D eigenvalue weighted by atomic mass is 9.75. The Morgan fingerprint density at radius 1 is 1.06 bits per heavy atom. The number of aliphatic carboxylic acids is 1. The Labute approximate surface area is 202 Å². The van der Waals surface area contributed by atoms with E-state index in [0.29, 0.717) is 12.8 Å². The molecule has 9 heteroatoms. The average Bonchev–Trinajstić information content (AvgIpc) is 3.14. The molecule has 1 unspecified atom stereocenters. The maximum Gasteiger partial charge on any atom is 0.408 e. The van der Waals surface area contributed by atoms with Crippen LogP contribution in [-0.4, -0.2) is 65.2 Å². The molecule has 0 radical (unpaired) electrons. The third-order valence-corrected chi connectivity index (χ3v) is 7.26. The van der Waals surface area contributed by atoms with Crippen LogP contribution in [0.3, 0.4) is 0 Å². The first-order valence-electron chi connectivity index (χ1n) is 11.8. The molecule has 0 aromatic heterocycles. The van der Waals surface area contributed by atoms with Gasteiger partial charge >= 0.3 is 12.1 Å². The SMILES string of the molecule is O=C(O)CC1C(=O)NCCN1C(=O)C1(NC(=O)OCC2c3ccccc3-c3ccccc32)CCC1. The Hall–Kier alpha value is -3.88. The Bertz CT molecular complexity index is 1150. The van der Waals surface area contributed by atoms with E-state index < -0.39 is 41.9 Å². The Morgan fingerprint density at radius 3 is 2.26 bits per heavy atom. The van der Waals surface area contributed by atoms with Crippen LogP contribution in [0.1, 0.15) is 42.7 Å². The average molecular weight is 478 g/mol. The molecule has 1 atom stereocenters. The maximum atomic E-state index is 13.4. The molecule has 1 saturated heterocycles. The first-order valence-corrected chi connectivity index (χ1v) is 11.8. The summed E-state index contributed by atoms with van der Waals surface area (Å²) in [4.78, 5) is 51.1. The van der Waals surface area contributed by atoms with Gasteiger partial charge in [-0.1, -0.05) is 48.5 Å². The van der Waals surface area contributed by atoms with Crippen molar-refractivity contribution in [1.29, 1.82) is 0 Å². The van der Waals surface area contributed by atoms with Crippen molar-refractivity contribution in [3.8, 4) is 11.1 Å². The number of alkyl carbamates (subject to hydrolysis) is 1. The zero-order chi connectivity index (χ0) is 24.6. The molecule has 3 N–H and O–H groups in total. The number of benzene rings is 2. The second-order valence-electron chi connectivity index (χ2n) is 9.29. The van der Waals surface area contributed by atoms with Crippen molar-refractivity contribution >= 4 is 23.9 Å². The van der Waals surface area contributed by atoms with Crippen LogP contribution in [0.2, 0.25) is 0 Å². The van der Waals surface area contributed by atoms with Gasteiger partial charge in [-0.15, -0.1) is 0 Å². The molecule has 35 heavy (non-hydrogen) atoms. The van der Waals surface area contributed by atoms with E-state index in [4.69, 9.17) is 4.74 Å². The minimum Gasteiger partial charge on any atom is -0.481 e. The molecule has 3 amide bonds. The quantitative estimate of drug-likeness (QED) is 0.586. The van der Waals surface area contributed by atoms with Gasteiger partial charge in [0.1, 0.15) is 18.2 Å². The minimum atomic E-state index is -1.18. The summed E-state index contributed by atoms with van der Waals surface area (Å²) < 4.78 is 5.63. The molecule has 0 spiro atoms. The number of carbonyl (C=O) groups is 4. The highest BCUT2D eigenvalue weighted by atomic mass is 16.5. The number of carbonyl (C=O) groups excluding carboxylic acids is 3. The van der Waals surface area contributed by atoms with E-state index in [1.54, 1.807) is 0 Å². The fourth-order valence-electron chi connectivity index (χ4n) is 5.35. The molecular formula is C26H27N3O6. The lowest BCUT2D eigenvalue weighted by molar-refractivity contribution is -0.154. The number of nitrogens with zero attached hydrogens (tertiary/aromatic N) is 1. The summed E-state index contributed by atoms with van der Waals surface area (Å²) in [5, 5.41) is 14.6. The number of piperazine rings is 1. The largest absolute Gasteiger partial charge is 0.481 e. The molecule has 9 nitrogen and oxygen atoms in total. The highest BCUT2D eigenvalue weighted by molar-refractivity contribution is 5.97. The fraction of sp³-hybridized carbons (Fsp3) is 0.385.